The lowest BCUT2D eigenvalue weighted by atomic mass is 10.2. The summed E-state index contributed by atoms with van der Waals surface area (Å²) in [4.78, 5) is 11.7. The molecule has 0 bridgehead atoms. The van der Waals surface area contributed by atoms with Gasteiger partial charge in [0.15, 0.2) is 0 Å². The molecule has 0 aliphatic heterocycles. The van der Waals surface area contributed by atoms with Gasteiger partial charge in [0.1, 0.15) is 12.9 Å². The Labute approximate surface area is 106 Å². The molecule has 0 aliphatic carbocycles. The molecule has 6 nitrogen and oxygen atoms in total. The number of halogens is 1. The SMILES string of the molecule is Cc1cc(Br)cc(NC(=O)Cn2cnnn2)c1. The second-order valence-electron chi connectivity index (χ2n) is 3.57. The number of rotatable bonds is 3. The van der Waals surface area contributed by atoms with E-state index >= 15 is 0 Å². The van der Waals surface area contributed by atoms with Crippen LogP contribution in [0, 0.1) is 6.92 Å². The Kier molecular flexibility index (Phi) is 3.48. The fourth-order valence-electron chi connectivity index (χ4n) is 1.41. The summed E-state index contributed by atoms with van der Waals surface area (Å²) in [6.07, 6.45) is 1.39. The molecule has 1 heterocycles. The molecule has 0 atom stereocenters. The van der Waals surface area contributed by atoms with Crippen molar-refractivity contribution in [2.45, 2.75) is 13.5 Å². The predicted molar refractivity (Wildman–Crippen MR) is 65.3 cm³/mol. The van der Waals surface area contributed by atoms with Gasteiger partial charge in [-0.15, -0.1) is 5.10 Å². The van der Waals surface area contributed by atoms with Gasteiger partial charge in [0.05, 0.1) is 0 Å². The lowest BCUT2D eigenvalue weighted by Crippen LogP contribution is -2.19. The van der Waals surface area contributed by atoms with Gasteiger partial charge in [0.2, 0.25) is 5.91 Å². The van der Waals surface area contributed by atoms with Crippen LogP contribution in [0.2, 0.25) is 0 Å². The van der Waals surface area contributed by atoms with Crippen LogP contribution >= 0.6 is 15.9 Å². The van der Waals surface area contributed by atoms with Crippen molar-refractivity contribution in [3.8, 4) is 0 Å². The standard InChI is InChI=1S/C10H10BrN5O/c1-7-2-8(11)4-9(3-7)13-10(17)5-16-6-12-14-15-16/h2-4,6H,5H2,1H3,(H,13,17). The normalized spacial score (nSPS) is 10.2. The highest BCUT2D eigenvalue weighted by atomic mass is 79.9. The molecule has 0 unspecified atom stereocenters. The average molecular weight is 296 g/mol. The zero-order valence-corrected chi connectivity index (χ0v) is 10.7. The highest BCUT2D eigenvalue weighted by molar-refractivity contribution is 9.10. The summed E-state index contributed by atoms with van der Waals surface area (Å²) in [6, 6.07) is 5.70. The van der Waals surface area contributed by atoms with E-state index in [9.17, 15) is 4.79 Å². The smallest absolute Gasteiger partial charge is 0.246 e. The molecule has 0 radical (unpaired) electrons. The van der Waals surface area contributed by atoms with Crippen molar-refractivity contribution >= 4 is 27.5 Å². The molecule has 2 aromatic rings. The summed E-state index contributed by atoms with van der Waals surface area (Å²) in [7, 11) is 0. The molecular formula is C10H10BrN5O. The lowest BCUT2D eigenvalue weighted by Gasteiger charge is -2.06. The van der Waals surface area contributed by atoms with Crippen LogP contribution < -0.4 is 5.32 Å². The van der Waals surface area contributed by atoms with Crippen LogP contribution in [0.25, 0.3) is 0 Å². The van der Waals surface area contributed by atoms with Crippen LogP contribution in [-0.4, -0.2) is 26.1 Å². The van der Waals surface area contributed by atoms with Crippen LogP contribution in [-0.2, 0) is 11.3 Å². The largest absolute Gasteiger partial charge is 0.324 e. The molecule has 7 heteroatoms. The van der Waals surface area contributed by atoms with Crippen LogP contribution in [0.1, 0.15) is 5.56 Å². The zero-order valence-electron chi connectivity index (χ0n) is 9.09. The van der Waals surface area contributed by atoms with Gasteiger partial charge in [-0.05, 0) is 41.1 Å². The second-order valence-corrected chi connectivity index (χ2v) is 4.49. The molecule has 0 saturated carbocycles. The number of nitrogens with zero attached hydrogens (tertiary/aromatic N) is 4. The van der Waals surface area contributed by atoms with Crippen molar-refractivity contribution in [3.63, 3.8) is 0 Å². The predicted octanol–water partition coefficient (Wildman–Crippen LogP) is 1.38. The Morgan fingerprint density at radius 3 is 2.94 bits per heavy atom. The number of hydrogen-bond donors (Lipinski definition) is 1. The van der Waals surface area contributed by atoms with Crippen LogP contribution in [0.5, 0.6) is 0 Å². The van der Waals surface area contributed by atoms with Gasteiger partial charge in [-0.1, -0.05) is 15.9 Å². The lowest BCUT2D eigenvalue weighted by molar-refractivity contribution is -0.116. The van der Waals surface area contributed by atoms with Gasteiger partial charge in [0, 0.05) is 10.2 Å². The molecule has 0 aliphatic rings. The number of carbonyl (C=O) groups is 1. The minimum atomic E-state index is -0.171. The van der Waals surface area contributed by atoms with E-state index in [4.69, 9.17) is 0 Å². The maximum atomic E-state index is 11.7. The molecule has 1 aromatic carbocycles. The summed E-state index contributed by atoms with van der Waals surface area (Å²) in [5.41, 5.74) is 1.81. The van der Waals surface area contributed by atoms with Crippen LogP contribution in [0.15, 0.2) is 29.0 Å². The van der Waals surface area contributed by atoms with E-state index in [-0.39, 0.29) is 12.5 Å². The van der Waals surface area contributed by atoms with Crippen molar-refractivity contribution in [1.82, 2.24) is 20.2 Å². The number of nitrogens with one attached hydrogen (secondary N) is 1. The Balaban J connectivity index is 2.03. The van der Waals surface area contributed by atoms with Gasteiger partial charge in [-0.2, -0.15) is 0 Å². The molecule has 0 fully saturated rings. The Hall–Kier alpha value is -1.76. The Morgan fingerprint density at radius 1 is 1.47 bits per heavy atom. The monoisotopic (exact) mass is 295 g/mol. The summed E-state index contributed by atoms with van der Waals surface area (Å²) in [6.45, 7) is 2.06. The second kappa shape index (κ2) is 5.05. The van der Waals surface area contributed by atoms with Crippen molar-refractivity contribution in [1.29, 1.82) is 0 Å². The molecule has 88 valence electrons. The number of anilines is 1. The minimum Gasteiger partial charge on any atom is -0.324 e. The van der Waals surface area contributed by atoms with Gasteiger partial charge in [-0.25, -0.2) is 4.68 Å². The first kappa shape index (κ1) is 11.7. The van der Waals surface area contributed by atoms with E-state index in [1.54, 1.807) is 0 Å². The highest BCUT2D eigenvalue weighted by Crippen LogP contribution is 2.18. The van der Waals surface area contributed by atoms with Crippen LogP contribution in [0.4, 0.5) is 5.69 Å². The summed E-state index contributed by atoms with van der Waals surface area (Å²) < 4.78 is 2.29. The van der Waals surface area contributed by atoms with E-state index in [1.165, 1.54) is 11.0 Å². The number of hydrogen-bond acceptors (Lipinski definition) is 4. The molecular weight excluding hydrogens is 286 g/mol. The molecule has 1 N–H and O–H groups in total. The fraction of sp³-hybridized carbons (Fsp3) is 0.200. The van der Waals surface area contributed by atoms with E-state index in [2.05, 4.69) is 36.8 Å². The Bertz CT molecular complexity index is 505. The van der Waals surface area contributed by atoms with E-state index in [0.29, 0.717) is 0 Å². The summed E-state index contributed by atoms with van der Waals surface area (Å²) >= 11 is 3.37. The van der Waals surface area contributed by atoms with Crippen molar-refractivity contribution in [2.75, 3.05) is 5.32 Å². The van der Waals surface area contributed by atoms with E-state index < -0.39 is 0 Å². The van der Waals surface area contributed by atoms with E-state index in [0.717, 1.165) is 15.7 Å². The first-order chi connectivity index (χ1) is 8.13. The van der Waals surface area contributed by atoms with Gasteiger partial charge in [-0.3, -0.25) is 4.79 Å². The number of amides is 1. The number of benzene rings is 1. The summed E-state index contributed by atoms with van der Waals surface area (Å²) in [5.74, 6) is -0.171. The van der Waals surface area contributed by atoms with Crippen molar-refractivity contribution in [3.05, 3.63) is 34.6 Å². The fourth-order valence-corrected chi connectivity index (χ4v) is 2.02. The van der Waals surface area contributed by atoms with E-state index in [1.807, 2.05) is 25.1 Å². The highest BCUT2D eigenvalue weighted by Gasteiger charge is 2.05. The van der Waals surface area contributed by atoms with Crippen molar-refractivity contribution in [2.24, 2.45) is 0 Å². The first-order valence-electron chi connectivity index (χ1n) is 4.91. The molecule has 0 saturated heterocycles. The Morgan fingerprint density at radius 2 is 2.29 bits per heavy atom. The summed E-state index contributed by atoms with van der Waals surface area (Å²) in [5, 5.41) is 13.3. The maximum Gasteiger partial charge on any atom is 0.246 e. The average Bonchev–Trinajstić information content (AvgIpc) is 2.67. The zero-order chi connectivity index (χ0) is 12.3. The molecule has 0 spiro atoms. The van der Waals surface area contributed by atoms with Crippen LogP contribution in [0.3, 0.4) is 0 Å². The first-order valence-corrected chi connectivity index (χ1v) is 5.70. The van der Waals surface area contributed by atoms with Gasteiger partial charge in [0.25, 0.3) is 0 Å². The maximum absolute atomic E-state index is 11.7. The number of carbonyl (C=O) groups excluding carboxylic acids is 1. The number of aryl methyl sites for hydroxylation is 1. The third-order valence-corrected chi connectivity index (χ3v) is 2.48. The van der Waals surface area contributed by atoms with Gasteiger partial charge < -0.3 is 5.32 Å². The molecule has 17 heavy (non-hydrogen) atoms. The quantitative estimate of drug-likeness (QED) is 0.928. The minimum absolute atomic E-state index is 0.0958. The number of aromatic nitrogens is 4. The van der Waals surface area contributed by atoms with Gasteiger partial charge >= 0.3 is 0 Å². The van der Waals surface area contributed by atoms with Crippen molar-refractivity contribution < 1.29 is 4.79 Å². The topological polar surface area (TPSA) is 72.7 Å². The molecule has 1 aromatic heterocycles. The number of tetrazole rings is 1. The molecule has 2 rings (SSSR count). The third kappa shape index (κ3) is 3.35. The third-order valence-electron chi connectivity index (χ3n) is 2.02. The molecule has 1 amide bonds.